The first-order chi connectivity index (χ1) is 19.9. The van der Waals surface area contributed by atoms with Crippen molar-refractivity contribution in [1.82, 2.24) is 20.8 Å². The van der Waals surface area contributed by atoms with Gasteiger partial charge < -0.3 is 19.9 Å². The molecule has 0 spiro atoms. The number of terminal acetylenes is 1. The van der Waals surface area contributed by atoms with E-state index in [-0.39, 0.29) is 31.1 Å². The summed E-state index contributed by atoms with van der Waals surface area (Å²) >= 11 is 0. The summed E-state index contributed by atoms with van der Waals surface area (Å²) in [6.07, 6.45) is 9.25. The molecule has 1 fully saturated rings. The van der Waals surface area contributed by atoms with Gasteiger partial charge in [0.2, 0.25) is 11.8 Å². The van der Waals surface area contributed by atoms with Gasteiger partial charge in [0.05, 0.1) is 42.9 Å². The number of nitrogens with one attached hydrogen (secondary N) is 2. The van der Waals surface area contributed by atoms with Crippen LogP contribution in [-0.4, -0.2) is 65.6 Å². The molecule has 0 radical (unpaired) electrons. The van der Waals surface area contributed by atoms with Gasteiger partial charge in [0, 0.05) is 36.8 Å². The number of methoxy groups -OCH3 is 1. The molecule has 1 amide bonds. The molecular weight excluding hydrogens is 534 g/mol. The summed E-state index contributed by atoms with van der Waals surface area (Å²) < 4.78 is 38.9. The van der Waals surface area contributed by atoms with Gasteiger partial charge >= 0.3 is 0 Å². The number of hydrogen-bond acceptors (Lipinski definition) is 8. The Kier molecular flexibility index (Phi) is 10.7. The van der Waals surface area contributed by atoms with E-state index in [1.165, 1.54) is 13.2 Å². The van der Waals surface area contributed by atoms with Gasteiger partial charge in [-0.2, -0.15) is 0 Å². The van der Waals surface area contributed by atoms with Crippen molar-refractivity contribution in [3.63, 3.8) is 0 Å². The lowest BCUT2D eigenvalue weighted by atomic mass is 9.91. The lowest BCUT2D eigenvalue weighted by Crippen LogP contribution is -2.51. The molecule has 11 heteroatoms. The fraction of sp³-hybridized carbons (Fsp3) is 0.367. The van der Waals surface area contributed by atoms with Gasteiger partial charge in [0.15, 0.2) is 0 Å². The number of amides is 1. The van der Waals surface area contributed by atoms with Crippen LogP contribution in [0.3, 0.4) is 0 Å². The second-order valence-electron chi connectivity index (χ2n) is 9.56. The Balaban J connectivity index is 1.42. The highest BCUT2D eigenvalue weighted by molar-refractivity contribution is 5.78. The van der Waals surface area contributed by atoms with Crippen LogP contribution in [0.2, 0.25) is 0 Å². The fourth-order valence-electron chi connectivity index (χ4n) is 4.75. The normalized spacial score (nSPS) is 19.6. The van der Waals surface area contributed by atoms with Crippen molar-refractivity contribution in [3.05, 3.63) is 71.4 Å². The van der Waals surface area contributed by atoms with Gasteiger partial charge in [-0.05, 0) is 48.7 Å². The van der Waals surface area contributed by atoms with Gasteiger partial charge in [-0.1, -0.05) is 18.1 Å². The van der Waals surface area contributed by atoms with Crippen molar-refractivity contribution in [2.45, 2.75) is 50.0 Å². The number of aliphatic hydroxyl groups excluding tert-OH is 1. The number of carbonyl (C=O) groups excluding carboxylic acids is 1. The number of pyridine rings is 2. The summed E-state index contributed by atoms with van der Waals surface area (Å²) in [6, 6.07) is 8.31. The van der Waals surface area contributed by atoms with Crippen molar-refractivity contribution in [2.24, 2.45) is 0 Å². The minimum Gasteiger partial charge on any atom is -0.481 e. The van der Waals surface area contributed by atoms with Crippen molar-refractivity contribution < 1.29 is 33.0 Å². The molecule has 3 N–H and O–H groups in total. The highest BCUT2D eigenvalue weighted by Gasteiger charge is 2.35. The zero-order valence-electron chi connectivity index (χ0n) is 22.6. The minimum atomic E-state index is -0.881. The van der Waals surface area contributed by atoms with E-state index < -0.39 is 35.9 Å². The predicted octanol–water partition coefficient (Wildman–Crippen LogP) is 3.11. The van der Waals surface area contributed by atoms with Crippen molar-refractivity contribution in [1.29, 1.82) is 0 Å². The lowest BCUT2D eigenvalue weighted by molar-refractivity contribution is -0.146. The number of nitrogens with zero attached hydrogens (tertiary/aromatic N) is 2. The largest absolute Gasteiger partial charge is 0.481 e. The molecule has 3 aromatic rings. The van der Waals surface area contributed by atoms with Crippen LogP contribution in [0, 0.1) is 24.0 Å². The molecule has 0 aliphatic carbocycles. The number of halogens is 2. The third-order valence-corrected chi connectivity index (χ3v) is 6.75. The van der Waals surface area contributed by atoms with E-state index in [1.807, 2.05) is 0 Å². The molecular formula is C30H32F2N4O5. The molecule has 0 bridgehead atoms. The monoisotopic (exact) mass is 566 g/mol. The summed E-state index contributed by atoms with van der Waals surface area (Å²) in [6.45, 7) is 0.236. The Bertz CT molecular complexity index is 1410. The average Bonchev–Trinajstić information content (AvgIpc) is 2.97. The fourth-order valence-corrected chi connectivity index (χ4v) is 4.75. The number of fused-ring (bicyclic) bond motifs is 1. The first kappa shape index (κ1) is 30.0. The molecule has 1 aliphatic heterocycles. The van der Waals surface area contributed by atoms with E-state index in [0.717, 1.165) is 23.8 Å². The van der Waals surface area contributed by atoms with Crippen LogP contribution in [0.25, 0.3) is 17.1 Å². The smallest absolute Gasteiger partial charge is 0.246 e. The summed E-state index contributed by atoms with van der Waals surface area (Å²) in [4.78, 5) is 26.3. The van der Waals surface area contributed by atoms with Gasteiger partial charge in [-0.3, -0.25) is 14.6 Å². The molecule has 3 heterocycles. The van der Waals surface area contributed by atoms with Crippen molar-refractivity contribution in [3.8, 4) is 18.2 Å². The van der Waals surface area contributed by atoms with Gasteiger partial charge in [-0.25, -0.2) is 19.2 Å². The summed E-state index contributed by atoms with van der Waals surface area (Å²) in [5.74, 6) is 1.22. The summed E-state index contributed by atoms with van der Waals surface area (Å²) in [7, 11) is 1.53. The molecule has 0 saturated carbocycles. The number of aliphatic hydroxyl groups is 1. The van der Waals surface area contributed by atoms with Crippen LogP contribution in [0.4, 0.5) is 8.78 Å². The maximum atomic E-state index is 13.9. The van der Waals surface area contributed by atoms with Gasteiger partial charge in [-0.15, -0.1) is 6.42 Å². The maximum Gasteiger partial charge on any atom is 0.246 e. The first-order valence-corrected chi connectivity index (χ1v) is 13.2. The van der Waals surface area contributed by atoms with E-state index in [1.54, 1.807) is 30.5 Å². The zero-order chi connectivity index (χ0) is 29.2. The molecule has 9 nitrogen and oxygen atoms in total. The molecule has 1 saturated heterocycles. The third-order valence-electron chi connectivity index (χ3n) is 6.75. The summed E-state index contributed by atoms with van der Waals surface area (Å²) in [5, 5.41) is 14.5. The predicted molar refractivity (Wildman–Crippen MR) is 148 cm³/mol. The number of ether oxygens (including phenoxy) is 2. The Hall–Kier alpha value is -3.95. The number of hydrogen-bond donors (Lipinski definition) is 3. The van der Waals surface area contributed by atoms with Crippen LogP contribution in [0.1, 0.15) is 30.4 Å². The first-order valence-electron chi connectivity index (χ1n) is 13.2. The molecule has 41 heavy (non-hydrogen) atoms. The third kappa shape index (κ3) is 8.28. The zero-order valence-corrected chi connectivity index (χ0v) is 22.6. The van der Waals surface area contributed by atoms with Crippen LogP contribution in [-0.2, 0) is 20.8 Å². The molecule has 0 unspecified atom stereocenters. The average molecular weight is 567 g/mol. The van der Waals surface area contributed by atoms with E-state index >= 15 is 0 Å². The van der Waals surface area contributed by atoms with Gasteiger partial charge in [0.1, 0.15) is 18.2 Å². The minimum absolute atomic E-state index is 0.0510. The molecule has 4 rings (SSSR count). The highest BCUT2D eigenvalue weighted by atomic mass is 19.1. The van der Waals surface area contributed by atoms with Crippen LogP contribution in [0.5, 0.6) is 5.88 Å². The number of carbonyl (C=O) groups is 1. The maximum absolute atomic E-state index is 13.9. The molecule has 4 atom stereocenters. The number of aromatic nitrogens is 2. The van der Waals surface area contributed by atoms with E-state index in [0.29, 0.717) is 36.3 Å². The highest BCUT2D eigenvalue weighted by Crippen LogP contribution is 2.27. The summed E-state index contributed by atoms with van der Waals surface area (Å²) in [5.41, 5.74) is 4.52. The number of hydroxylamine groups is 1. The lowest BCUT2D eigenvalue weighted by Gasteiger charge is -2.38. The standard InChI is InChI=1S/C30H32F2N4O5/c1-3-15-40-36-28(38)18-27-23(33-13-4-5-19-16-21(31)6-7-22(19)32)8-10-26(41-27)25(37)17-20-12-14-34-24-9-11-29(39-2)35-30(20)24/h1,4-7,9,11-12,14,16,23,25-27,33,37H,8,10,13,15,17-18H2,2H3,(H,36,38)/t23-,25+,26+,27-/m1/s1. The molecule has 216 valence electrons. The number of rotatable bonds is 12. The van der Waals surface area contributed by atoms with E-state index in [2.05, 4.69) is 26.7 Å². The van der Waals surface area contributed by atoms with Crippen LogP contribution >= 0.6 is 0 Å². The van der Waals surface area contributed by atoms with Crippen LogP contribution < -0.4 is 15.5 Å². The Morgan fingerprint density at radius 2 is 2.15 bits per heavy atom. The molecule has 2 aromatic heterocycles. The van der Waals surface area contributed by atoms with Crippen LogP contribution in [0.15, 0.2) is 48.7 Å². The Morgan fingerprint density at radius 1 is 1.29 bits per heavy atom. The van der Waals surface area contributed by atoms with Crippen molar-refractivity contribution in [2.75, 3.05) is 20.3 Å². The second-order valence-corrected chi connectivity index (χ2v) is 9.56. The van der Waals surface area contributed by atoms with E-state index in [9.17, 15) is 18.7 Å². The molecule has 1 aliphatic rings. The van der Waals surface area contributed by atoms with Crippen molar-refractivity contribution >= 4 is 23.0 Å². The topological polar surface area (TPSA) is 115 Å². The Labute approximate surface area is 236 Å². The number of benzene rings is 1. The van der Waals surface area contributed by atoms with Gasteiger partial charge in [0.25, 0.3) is 0 Å². The molecule has 1 aromatic carbocycles. The Morgan fingerprint density at radius 3 is 2.95 bits per heavy atom. The second kappa shape index (κ2) is 14.6. The SMILES string of the molecule is C#CCONC(=O)C[C@H]1O[C@H]([C@@H](O)Cc2ccnc3ccc(OC)nc23)CC[C@H]1NCC=Cc1cc(F)ccc1F. The quantitative estimate of drug-likeness (QED) is 0.174. The van der Waals surface area contributed by atoms with E-state index in [4.69, 9.17) is 20.7 Å².